The van der Waals surface area contributed by atoms with Gasteiger partial charge < -0.3 is 5.11 Å². The number of imidazole rings is 1. The van der Waals surface area contributed by atoms with Gasteiger partial charge in [0.15, 0.2) is 10.1 Å². The second-order valence-corrected chi connectivity index (χ2v) is 5.07. The summed E-state index contributed by atoms with van der Waals surface area (Å²) >= 11 is 7.60. The summed E-state index contributed by atoms with van der Waals surface area (Å²) in [7, 11) is 0. The van der Waals surface area contributed by atoms with Gasteiger partial charge in [-0.3, -0.25) is 9.72 Å². The normalized spacial score (nSPS) is 12.8. The monoisotopic (exact) mass is 284 g/mol. The Morgan fingerprint density at radius 3 is 3.17 bits per heavy atom. The Bertz CT molecular complexity index is 586. The van der Waals surface area contributed by atoms with Crippen LogP contribution in [0.4, 0.5) is 0 Å². The van der Waals surface area contributed by atoms with Gasteiger partial charge >= 0.3 is 0 Å². The van der Waals surface area contributed by atoms with Crippen LogP contribution in [0.25, 0.3) is 4.96 Å². The maximum Gasteiger partial charge on any atom is 0.195 e. The number of fused-ring (bicyclic) bond motifs is 1. The molecule has 0 saturated carbocycles. The molecule has 2 aromatic heterocycles. The first-order valence-electron chi connectivity index (χ1n) is 5.54. The van der Waals surface area contributed by atoms with E-state index in [1.165, 1.54) is 11.3 Å². The lowest BCUT2D eigenvalue weighted by Gasteiger charge is -2.11. The van der Waals surface area contributed by atoms with Crippen LogP contribution >= 0.6 is 22.9 Å². The molecule has 0 radical (unpaired) electrons. The molecule has 2 aromatic rings. The molecule has 0 spiro atoms. The zero-order valence-corrected chi connectivity index (χ0v) is 11.4. The number of hydrogen-bond donors (Lipinski definition) is 2. The maximum atomic E-state index is 9.24. The second-order valence-electron chi connectivity index (χ2n) is 3.88. The Hall–Kier alpha value is -1.13. The van der Waals surface area contributed by atoms with Gasteiger partial charge in [-0.1, -0.05) is 11.6 Å². The minimum Gasteiger partial charge on any atom is -0.396 e. The molecule has 0 aliphatic heterocycles. The summed E-state index contributed by atoms with van der Waals surface area (Å²) in [5.74, 6) is 0. The third kappa shape index (κ3) is 2.35. The molecule has 18 heavy (non-hydrogen) atoms. The first-order chi connectivity index (χ1) is 8.69. The highest BCUT2D eigenvalue weighted by molar-refractivity contribution is 7.15. The smallest absolute Gasteiger partial charge is 0.195 e. The summed E-state index contributed by atoms with van der Waals surface area (Å²) < 4.78 is 1.90. The number of nitrogens with one attached hydrogen (secondary N) is 1. The molecule has 0 aromatic carbocycles. The van der Waals surface area contributed by atoms with Gasteiger partial charge in [0.25, 0.3) is 0 Å². The molecule has 0 aliphatic carbocycles. The van der Waals surface area contributed by atoms with E-state index in [4.69, 9.17) is 16.7 Å². The van der Waals surface area contributed by atoms with Crippen molar-refractivity contribution in [3.05, 3.63) is 21.9 Å². The molecular weight excluding hydrogens is 272 g/mol. The minimum atomic E-state index is -0.521. The van der Waals surface area contributed by atoms with Crippen LogP contribution in [0.15, 0.2) is 5.38 Å². The minimum absolute atomic E-state index is 0.0954. The quantitative estimate of drug-likeness (QED) is 0.823. The lowest BCUT2D eigenvalue weighted by molar-refractivity contribution is 0.285. The summed E-state index contributed by atoms with van der Waals surface area (Å²) in [5, 5.41) is 23.4. The fraction of sp³-hybridized carbons (Fsp3) is 0.455. The number of hydrogen-bond acceptors (Lipinski definition) is 5. The molecule has 1 atom stereocenters. The standard InChI is InChI=1S/C11H13ClN4OS/c1-7-6-18-11-15-10(12)9(16(7)11)8(5-13)14-3-2-4-17/h6,8,14,17H,2-4H2,1H3. The van der Waals surface area contributed by atoms with Crippen molar-refractivity contribution in [2.75, 3.05) is 13.2 Å². The SMILES string of the molecule is Cc1csc2nc(Cl)c(C(C#N)NCCCO)n12. The molecule has 0 fully saturated rings. The highest BCUT2D eigenvalue weighted by atomic mass is 35.5. The second kappa shape index (κ2) is 5.67. The van der Waals surface area contributed by atoms with Gasteiger partial charge in [0.2, 0.25) is 0 Å². The Labute approximate surface area is 114 Å². The number of nitriles is 1. The van der Waals surface area contributed by atoms with Crippen LogP contribution in [0.3, 0.4) is 0 Å². The van der Waals surface area contributed by atoms with Crippen LogP contribution in [-0.2, 0) is 0 Å². The summed E-state index contributed by atoms with van der Waals surface area (Å²) in [6, 6.07) is 1.66. The Morgan fingerprint density at radius 2 is 2.50 bits per heavy atom. The van der Waals surface area contributed by atoms with E-state index in [1.54, 1.807) is 0 Å². The topological polar surface area (TPSA) is 73.3 Å². The lowest BCUT2D eigenvalue weighted by atomic mass is 10.2. The molecule has 0 aliphatic rings. The number of aromatic nitrogens is 2. The molecule has 0 amide bonds. The van der Waals surface area contributed by atoms with Gasteiger partial charge in [0, 0.05) is 17.7 Å². The predicted molar refractivity (Wildman–Crippen MR) is 70.9 cm³/mol. The van der Waals surface area contributed by atoms with Crippen molar-refractivity contribution in [2.45, 2.75) is 19.4 Å². The van der Waals surface area contributed by atoms with E-state index in [2.05, 4.69) is 16.4 Å². The first kappa shape index (κ1) is 13.3. The van der Waals surface area contributed by atoms with E-state index in [1.807, 2.05) is 16.7 Å². The number of aliphatic hydroxyl groups is 1. The molecule has 2 N–H and O–H groups in total. The third-order valence-corrected chi connectivity index (χ3v) is 3.83. The fourth-order valence-electron chi connectivity index (χ4n) is 1.77. The van der Waals surface area contributed by atoms with E-state index in [0.717, 1.165) is 10.7 Å². The zero-order chi connectivity index (χ0) is 13.1. The van der Waals surface area contributed by atoms with Gasteiger partial charge in [-0.25, -0.2) is 4.98 Å². The van der Waals surface area contributed by atoms with Crippen molar-refractivity contribution < 1.29 is 5.11 Å². The summed E-state index contributed by atoms with van der Waals surface area (Å²) in [6.07, 6.45) is 0.598. The number of aliphatic hydroxyl groups excluding tert-OH is 1. The Morgan fingerprint density at radius 1 is 1.72 bits per heavy atom. The van der Waals surface area contributed by atoms with Crippen molar-refractivity contribution in [1.82, 2.24) is 14.7 Å². The van der Waals surface area contributed by atoms with Crippen molar-refractivity contribution >= 4 is 27.9 Å². The fourth-order valence-corrected chi connectivity index (χ4v) is 2.97. The number of rotatable bonds is 5. The molecule has 2 rings (SSSR count). The molecule has 5 nitrogen and oxygen atoms in total. The predicted octanol–water partition coefficient (Wildman–Crippen LogP) is 1.89. The summed E-state index contributed by atoms with van der Waals surface area (Å²) in [4.78, 5) is 5.03. The zero-order valence-electron chi connectivity index (χ0n) is 9.85. The maximum absolute atomic E-state index is 9.24. The average Bonchev–Trinajstić information content (AvgIpc) is 2.86. The van der Waals surface area contributed by atoms with Crippen LogP contribution in [0.2, 0.25) is 5.15 Å². The Kier molecular flexibility index (Phi) is 4.19. The molecule has 0 bridgehead atoms. The van der Waals surface area contributed by atoms with Crippen molar-refractivity contribution in [2.24, 2.45) is 0 Å². The number of nitrogens with zero attached hydrogens (tertiary/aromatic N) is 3. The van der Waals surface area contributed by atoms with E-state index >= 15 is 0 Å². The van der Waals surface area contributed by atoms with Crippen LogP contribution in [0.5, 0.6) is 0 Å². The highest BCUT2D eigenvalue weighted by Gasteiger charge is 2.21. The molecule has 96 valence electrons. The van der Waals surface area contributed by atoms with Crippen molar-refractivity contribution in [3.63, 3.8) is 0 Å². The average molecular weight is 285 g/mol. The van der Waals surface area contributed by atoms with Gasteiger partial charge in [-0.2, -0.15) is 5.26 Å². The Balaban J connectivity index is 2.35. The molecular formula is C11H13ClN4OS. The van der Waals surface area contributed by atoms with E-state index in [9.17, 15) is 5.26 Å². The van der Waals surface area contributed by atoms with Crippen LogP contribution < -0.4 is 5.32 Å². The van der Waals surface area contributed by atoms with Crippen LogP contribution in [0.1, 0.15) is 23.9 Å². The molecule has 1 unspecified atom stereocenters. The third-order valence-electron chi connectivity index (χ3n) is 2.61. The van der Waals surface area contributed by atoms with Gasteiger partial charge in [0.1, 0.15) is 6.04 Å². The number of thiazole rings is 1. The van der Waals surface area contributed by atoms with Gasteiger partial charge in [-0.05, 0) is 19.9 Å². The van der Waals surface area contributed by atoms with Gasteiger partial charge in [0.05, 0.1) is 11.8 Å². The van der Waals surface area contributed by atoms with Gasteiger partial charge in [-0.15, -0.1) is 11.3 Å². The highest BCUT2D eigenvalue weighted by Crippen LogP contribution is 2.28. The largest absolute Gasteiger partial charge is 0.396 e. The number of aryl methyl sites for hydroxylation is 1. The van der Waals surface area contributed by atoms with E-state index in [-0.39, 0.29) is 6.61 Å². The van der Waals surface area contributed by atoms with E-state index in [0.29, 0.717) is 23.8 Å². The van der Waals surface area contributed by atoms with E-state index < -0.39 is 6.04 Å². The molecule has 7 heteroatoms. The molecule has 0 saturated heterocycles. The summed E-state index contributed by atoms with van der Waals surface area (Å²) in [5.41, 5.74) is 1.68. The molecule has 2 heterocycles. The first-order valence-corrected chi connectivity index (χ1v) is 6.80. The van der Waals surface area contributed by atoms with Crippen molar-refractivity contribution in [1.29, 1.82) is 5.26 Å². The van der Waals surface area contributed by atoms with Crippen molar-refractivity contribution in [3.8, 4) is 6.07 Å². The van der Waals surface area contributed by atoms with Crippen LogP contribution in [-0.4, -0.2) is 27.6 Å². The van der Waals surface area contributed by atoms with Crippen LogP contribution in [0, 0.1) is 18.3 Å². The number of halogens is 1. The lowest BCUT2D eigenvalue weighted by Crippen LogP contribution is -2.23. The summed E-state index contributed by atoms with van der Waals surface area (Å²) in [6.45, 7) is 2.60.